The third-order valence-corrected chi connectivity index (χ3v) is 9.56. The topological polar surface area (TPSA) is 86.9 Å². The summed E-state index contributed by atoms with van der Waals surface area (Å²) in [7, 11) is 0. The standard InChI is InChI=1S/C38H42N4O4/c1-26-31-9-5-6-10-32(31)34(38(44)40-26)23-39-37(43)33-21-30(29-13-11-28(12-14-29)24-41-15-18-45-19-16-41)22-35-36(33)46-20-17-42(35)25-27-7-3-2-4-8-27/h2-4,7-8,11-14,21-22H,5-6,9-10,15-20,23-25H2,1H3,(H,39,43)(H,40,44). The molecule has 0 radical (unpaired) electrons. The Bertz CT molecular complexity index is 1760. The highest BCUT2D eigenvalue weighted by molar-refractivity contribution is 6.01. The van der Waals surface area contributed by atoms with E-state index in [0.717, 1.165) is 93.1 Å². The molecule has 1 saturated heterocycles. The summed E-state index contributed by atoms with van der Waals surface area (Å²) in [4.78, 5) is 34.8. The number of nitrogens with one attached hydrogen (secondary N) is 2. The zero-order valence-corrected chi connectivity index (χ0v) is 26.6. The molecule has 1 fully saturated rings. The van der Waals surface area contributed by atoms with Gasteiger partial charge in [0.25, 0.3) is 11.5 Å². The van der Waals surface area contributed by atoms with Crippen LogP contribution in [0.3, 0.4) is 0 Å². The number of nitrogens with zero attached hydrogens (tertiary/aromatic N) is 2. The zero-order valence-electron chi connectivity index (χ0n) is 26.6. The fourth-order valence-corrected chi connectivity index (χ4v) is 7.06. The van der Waals surface area contributed by atoms with E-state index in [4.69, 9.17) is 9.47 Å². The van der Waals surface area contributed by atoms with Crippen molar-refractivity contribution in [2.45, 2.75) is 52.2 Å². The van der Waals surface area contributed by atoms with Crippen molar-refractivity contribution in [2.75, 3.05) is 44.4 Å². The summed E-state index contributed by atoms with van der Waals surface area (Å²) in [5.41, 5.74) is 9.66. The van der Waals surface area contributed by atoms with Crippen molar-refractivity contribution in [3.8, 4) is 16.9 Å². The fraction of sp³-hybridized carbons (Fsp3) is 0.368. The van der Waals surface area contributed by atoms with Gasteiger partial charge in [0, 0.05) is 44.0 Å². The summed E-state index contributed by atoms with van der Waals surface area (Å²) < 4.78 is 11.7. The van der Waals surface area contributed by atoms with Gasteiger partial charge in [-0.1, -0.05) is 54.6 Å². The molecule has 0 saturated carbocycles. The number of fused-ring (bicyclic) bond motifs is 2. The van der Waals surface area contributed by atoms with Crippen LogP contribution in [0.25, 0.3) is 11.1 Å². The van der Waals surface area contributed by atoms with Gasteiger partial charge >= 0.3 is 0 Å². The summed E-state index contributed by atoms with van der Waals surface area (Å²) in [5.74, 6) is 0.348. The lowest BCUT2D eigenvalue weighted by Crippen LogP contribution is -2.35. The van der Waals surface area contributed by atoms with Gasteiger partial charge < -0.3 is 24.7 Å². The number of H-pyrrole nitrogens is 1. The van der Waals surface area contributed by atoms with Crippen molar-refractivity contribution in [2.24, 2.45) is 0 Å². The number of morpholine rings is 1. The zero-order chi connectivity index (χ0) is 31.5. The number of hydrogen-bond acceptors (Lipinski definition) is 6. The van der Waals surface area contributed by atoms with E-state index in [-0.39, 0.29) is 18.0 Å². The van der Waals surface area contributed by atoms with Gasteiger partial charge in [-0.15, -0.1) is 0 Å². The molecule has 0 spiro atoms. The molecule has 46 heavy (non-hydrogen) atoms. The number of carbonyl (C=O) groups excluding carboxylic acids is 1. The Hall–Kier alpha value is -4.40. The first-order chi connectivity index (χ1) is 22.5. The molecule has 8 nitrogen and oxygen atoms in total. The molecule has 1 amide bonds. The monoisotopic (exact) mass is 618 g/mol. The number of aromatic amines is 1. The number of rotatable bonds is 8. The Morgan fingerprint density at radius 2 is 1.59 bits per heavy atom. The average Bonchev–Trinajstić information content (AvgIpc) is 3.09. The molecule has 0 atom stereocenters. The van der Waals surface area contributed by atoms with E-state index in [1.807, 2.05) is 19.1 Å². The summed E-state index contributed by atoms with van der Waals surface area (Å²) in [6.07, 6.45) is 4.01. The molecule has 3 heterocycles. The Balaban J connectivity index is 1.21. The lowest BCUT2D eigenvalue weighted by atomic mass is 9.88. The Labute approximate surface area is 270 Å². The van der Waals surface area contributed by atoms with E-state index < -0.39 is 0 Å². The maximum atomic E-state index is 14.0. The van der Waals surface area contributed by atoms with E-state index in [9.17, 15) is 9.59 Å². The number of aromatic nitrogens is 1. The molecule has 0 bridgehead atoms. The lowest BCUT2D eigenvalue weighted by molar-refractivity contribution is 0.0342. The van der Waals surface area contributed by atoms with E-state index in [0.29, 0.717) is 30.0 Å². The summed E-state index contributed by atoms with van der Waals surface area (Å²) in [6, 6.07) is 23.1. The van der Waals surface area contributed by atoms with Crippen LogP contribution in [0.4, 0.5) is 5.69 Å². The molecule has 2 N–H and O–H groups in total. The van der Waals surface area contributed by atoms with Crippen LogP contribution in [0.2, 0.25) is 0 Å². The van der Waals surface area contributed by atoms with Crippen LogP contribution < -0.4 is 20.5 Å². The van der Waals surface area contributed by atoms with Gasteiger partial charge in [-0.2, -0.15) is 0 Å². The van der Waals surface area contributed by atoms with Gasteiger partial charge in [-0.3, -0.25) is 14.5 Å². The molecule has 8 heteroatoms. The van der Waals surface area contributed by atoms with Crippen LogP contribution in [0.1, 0.15) is 56.7 Å². The number of ether oxygens (including phenoxy) is 2. The predicted octanol–water partition coefficient (Wildman–Crippen LogP) is 5.39. The number of benzene rings is 3. The molecule has 1 aromatic heterocycles. The van der Waals surface area contributed by atoms with Gasteiger partial charge in [0.05, 0.1) is 31.0 Å². The van der Waals surface area contributed by atoms with Crippen molar-refractivity contribution in [1.82, 2.24) is 15.2 Å². The van der Waals surface area contributed by atoms with Crippen molar-refractivity contribution in [1.29, 1.82) is 0 Å². The van der Waals surface area contributed by atoms with E-state index in [2.05, 4.69) is 74.7 Å². The molecular formula is C38H42N4O4. The van der Waals surface area contributed by atoms with Gasteiger partial charge in [0.15, 0.2) is 5.75 Å². The third-order valence-electron chi connectivity index (χ3n) is 9.56. The highest BCUT2D eigenvalue weighted by Gasteiger charge is 2.27. The first kappa shape index (κ1) is 30.3. The molecule has 238 valence electrons. The number of hydrogen-bond donors (Lipinski definition) is 2. The second kappa shape index (κ2) is 13.5. The van der Waals surface area contributed by atoms with Gasteiger partial charge in [0.1, 0.15) is 6.61 Å². The SMILES string of the molecule is Cc1[nH]c(=O)c(CNC(=O)c2cc(-c3ccc(CN4CCOCC4)cc3)cc3c2OCCN3Cc2ccccc2)c2c1CCCC2. The van der Waals surface area contributed by atoms with Crippen molar-refractivity contribution in [3.05, 3.63) is 116 Å². The average molecular weight is 619 g/mol. The Morgan fingerprint density at radius 1 is 0.848 bits per heavy atom. The lowest BCUT2D eigenvalue weighted by Gasteiger charge is -2.33. The predicted molar refractivity (Wildman–Crippen MR) is 181 cm³/mol. The van der Waals surface area contributed by atoms with Crippen LogP contribution in [0.5, 0.6) is 5.75 Å². The van der Waals surface area contributed by atoms with E-state index >= 15 is 0 Å². The second-order valence-corrected chi connectivity index (χ2v) is 12.6. The van der Waals surface area contributed by atoms with Gasteiger partial charge in [0.2, 0.25) is 0 Å². The highest BCUT2D eigenvalue weighted by Crippen LogP contribution is 2.40. The number of anilines is 1. The van der Waals surface area contributed by atoms with Crippen molar-refractivity contribution < 1.29 is 14.3 Å². The molecular weight excluding hydrogens is 576 g/mol. The van der Waals surface area contributed by atoms with Gasteiger partial charge in [-0.25, -0.2) is 0 Å². The molecule has 0 unspecified atom stereocenters. The Morgan fingerprint density at radius 3 is 2.37 bits per heavy atom. The molecule has 1 aliphatic carbocycles. The van der Waals surface area contributed by atoms with Crippen LogP contribution in [-0.2, 0) is 37.2 Å². The molecule has 7 rings (SSSR count). The first-order valence-corrected chi connectivity index (χ1v) is 16.5. The third kappa shape index (κ3) is 6.46. The number of aryl methyl sites for hydroxylation is 1. The molecule has 4 aromatic rings. The maximum Gasteiger partial charge on any atom is 0.255 e. The minimum atomic E-state index is -0.242. The van der Waals surface area contributed by atoms with Crippen LogP contribution >= 0.6 is 0 Å². The smallest absolute Gasteiger partial charge is 0.255 e. The molecule has 2 aliphatic heterocycles. The minimum Gasteiger partial charge on any atom is -0.489 e. The second-order valence-electron chi connectivity index (χ2n) is 12.6. The van der Waals surface area contributed by atoms with E-state index in [1.54, 1.807) is 0 Å². The van der Waals surface area contributed by atoms with Crippen LogP contribution in [-0.4, -0.2) is 55.2 Å². The first-order valence-electron chi connectivity index (χ1n) is 16.5. The molecule has 3 aromatic carbocycles. The summed E-state index contributed by atoms with van der Waals surface area (Å²) in [5, 5.41) is 3.10. The number of carbonyl (C=O) groups is 1. The maximum absolute atomic E-state index is 14.0. The number of pyridine rings is 1. The fourth-order valence-electron chi connectivity index (χ4n) is 7.06. The molecule has 3 aliphatic rings. The van der Waals surface area contributed by atoms with Crippen molar-refractivity contribution >= 4 is 11.6 Å². The number of amides is 1. The summed E-state index contributed by atoms with van der Waals surface area (Å²) >= 11 is 0. The largest absolute Gasteiger partial charge is 0.489 e. The van der Waals surface area contributed by atoms with Crippen molar-refractivity contribution in [3.63, 3.8) is 0 Å². The quantitative estimate of drug-likeness (QED) is 0.276. The van der Waals surface area contributed by atoms with Gasteiger partial charge in [-0.05, 0) is 78.1 Å². The van der Waals surface area contributed by atoms with Crippen LogP contribution in [0, 0.1) is 6.92 Å². The van der Waals surface area contributed by atoms with E-state index in [1.165, 1.54) is 16.7 Å². The highest BCUT2D eigenvalue weighted by atomic mass is 16.5. The Kier molecular flexibility index (Phi) is 8.90. The van der Waals surface area contributed by atoms with Crippen LogP contribution in [0.15, 0.2) is 71.5 Å². The normalized spacial score (nSPS) is 16.3. The minimum absolute atomic E-state index is 0.114. The summed E-state index contributed by atoms with van der Waals surface area (Å²) in [6.45, 7) is 8.41.